The van der Waals surface area contributed by atoms with Crippen LogP contribution in [-0.2, 0) is 9.53 Å². The number of carbonyl (C=O) groups excluding carboxylic acids is 2. The molecule has 1 unspecified atom stereocenters. The summed E-state index contributed by atoms with van der Waals surface area (Å²) in [6.07, 6.45) is 0. The van der Waals surface area contributed by atoms with E-state index in [4.69, 9.17) is 4.74 Å². The van der Waals surface area contributed by atoms with Gasteiger partial charge < -0.3 is 15.0 Å². The maximum absolute atomic E-state index is 12.0. The summed E-state index contributed by atoms with van der Waals surface area (Å²) < 4.78 is 5.16. The van der Waals surface area contributed by atoms with Gasteiger partial charge in [0, 0.05) is 13.1 Å². The SMILES string of the molecule is CC(NC(=O)c1nn[nH]n1)C(=O)N1CCOCC1. The Balaban J connectivity index is 1.88. The highest BCUT2D eigenvalue weighted by Crippen LogP contribution is 2.01. The van der Waals surface area contributed by atoms with E-state index < -0.39 is 11.9 Å². The first-order chi connectivity index (χ1) is 8.68. The van der Waals surface area contributed by atoms with Crippen LogP contribution >= 0.6 is 0 Å². The zero-order chi connectivity index (χ0) is 13.0. The molecule has 9 heteroatoms. The summed E-state index contributed by atoms with van der Waals surface area (Å²) in [7, 11) is 0. The van der Waals surface area contributed by atoms with E-state index >= 15 is 0 Å². The van der Waals surface area contributed by atoms with Gasteiger partial charge in [0.2, 0.25) is 5.91 Å². The zero-order valence-corrected chi connectivity index (χ0v) is 9.92. The number of amides is 2. The summed E-state index contributed by atoms with van der Waals surface area (Å²) >= 11 is 0. The van der Waals surface area contributed by atoms with Crippen LogP contribution < -0.4 is 5.32 Å². The number of hydrogen-bond acceptors (Lipinski definition) is 6. The lowest BCUT2D eigenvalue weighted by Crippen LogP contribution is -2.50. The van der Waals surface area contributed by atoms with Crippen molar-refractivity contribution in [3.05, 3.63) is 5.82 Å². The Labute approximate surface area is 103 Å². The Kier molecular flexibility index (Phi) is 3.82. The summed E-state index contributed by atoms with van der Waals surface area (Å²) in [6, 6.07) is -0.630. The third-order valence-corrected chi connectivity index (χ3v) is 2.59. The molecular weight excluding hydrogens is 240 g/mol. The molecule has 1 aromatic heterocycles. The number of carbonyl (C=O) groups is 2. The second kappa shape index (κ2) is 5.54. The van der Waals surface area contributed by atoms with E-state index in [1.54, 1.807) is 11.8 Å². The molecule has 1 aliphatic heterocycles. The fraction of sp³-hybridized carbons (Fsp3) is 0.667. The van der Waals surface area contributed by atoms with Crippen LogP contribution in [0.3, 0.4) is 0 Å². The van der Waals surface area contributed by atoms with Crippen molar-refractivity contribution >= 4 is 11.8 Å². The number of aromatic amines is 1. The Morgan fingerprint density at radius 2 is 2.17 bits per heavy atom. The number of tetrazole rings is 1. The van der Waals surface area contributed by atoms with Crippen LogP contribution in [0, 0.1) is 0 Å². The number of hydrogen-bond donors (Lipinski definition) is 2. The van der Waals surface area contributed by atoms with Crippen molar-refractivity contribution in [2.24, 2.45) is 0 Å². The average molecular weight is 254 g/mol. The summed E-state index contributed by atoms with van der Waals surface area (Å²) in [5.41, 5.74) is 0. The van der Waals surface area contributed by atoms with Crippen LogP contribution in [-0.4, -0.2) is 69.7 Å². The standard InChI is InChI=1S/C9H14N6O3/c1-6(9(17)15-2-4-18-5-3-15)10-8(16)7-11-13-14-12-7/h6H,2-5H2,1H3,(H,10,16)(H,11,12,13,14). The van der Waals surface area contributed by atoms with Gasteiger partial charge in [0.25, 0.3) is 11.7 Å². The maximum Gasteiger partial charge on any atom is 0.293 e. The van der Waals surface area contributed by atoms with Crippen molar-refractivity contribution in [2.75, 3.05) is 26.3 Å². The molecule has 0 radical (unpaired) electrons. The molecular formula is C9H14N6O3. The Bertz CT molecular complexity index is 414. The normalized spacial score (nSPS) is 17.3. The van der Waals surface area contributed by atoms with Crippen LogP contribution in [0.4, 0.5) is 0 Å². The Morgan fingerprint density at radius 3 is 2.78 bits per heavy atom. The van der Waals surface area contributed by atoms with Gasteiger partial charge in [-0.15, -0.1) is 10.2 Å². The molecule has 0 saturated carbocycles. The highest BCUT2D eigenvalue weighted by Gasteiger charge is 2.24. The van der Waals surface area contributed by atoms with Gasteiger partial charge in [-0.2, -0.15) is 5.21 Å². The molecule has 1 fully saturated rings. The van der Waals surface area contributed by atoms with Crippen molar-refractivity contribution < 1.29 is 14.3 Å². The number of nitrogens with zero attached hydrogens (tertiary/aromatic N) is 4. The zero-order valence-electron chi connectivity index (χ0n) is 9.92. The molecule has 18 heavy (non-hydrogen) atoms. The monoisotopic (exact) mass is 254 g/mol. The first-order valence-corrected chi connectivity index (χ1v) is 5.59. The van der Waals surface area contributed by atoms with E-state index in [0.717, 1.165) is 0 Å². The van der Waals surface area contributed by atoms with Crippen LogP contribution in [0.1, 0.15) is 17.5 Å². The van der Waals surface area contributed by atoms with E-state index in [1.165, 1.54) is 0 Å². The molecule has 1 saturated heterocycles. The lowest BCUT2D eigenvalue weighted by Gasteiger charge is -2.29. The first kappa shape index (κ1) is 12.4. The molecule has 9 nitrogen and oxygen atoms in total. The van der Waals surface area contributed by atoms with Crippen molar-refractivity contribution in [3.63, 3.8) is 0 Å². The minimum atomic E-state index is -0.630. The summed E-state index contributed by atoms with van der Waals surface area (Å²) in [5.74, 6) is -0.760. The van der Waals surface area contributed by atoms with E-state index in [1.807, 2.05) is 0 Å². The fourth-order valence-electron chi connectivity index (χ4n) is 1.64. The molecule has 2 rings (SSSR count). The van der Waals surface area contributed by atoms with Gasteiger partial charge in [-0.1, -0.05) is 0 Å². The third-order valence-electron chi connectivity index (χ3n) is 2.59. The van der Waals surface area contributed by atoms with Gasteiger partial charge in [0.05, 0.1) is 13.2 Å². The molecule has 1 aliphatic rings. The molecule has 0 bridgehead atoms. The highest BCUT2D eigenvalue weighted by molar-refractivity contribution is 5.94. The summed E-state index contributed by atoms with van der Waals surface area (Å²) in [5, 5.41) is 15.0. The largest absolute Gasteiger partial charge is 0.378 e. The van der Waals surface area contributed by atoms with Gasteiger partial charge >= 0.3 is 0 Å². The number of H-pyrrole nitrogens is 1. The predicted octanol–water partition coefficient (Wildman–Crippen LogP) is -1.82. The number of ether oxygens (including phenoxy) is 1. The van der Waals surface area contributed by atoms with Gasteiger partial charge in [-0.3, -0.25) is 9.59 Å². The van der Waals surface area contributed by atoms with Crippen molar-refractivity contribution in [3.8, 4) is 0 Å². The number of morpholine rings is 1. The quantitative estimate of drug-likeness (QED) is 0.656. The fourth-order valence-corrected chi connectivity index (χ4v) is 1.64. The number of aromatic nitrogens is 4. The summed E-state index contributed by atoms with van der Waals surface area (Å²) in [4.78, 5) is 25.3. The van der Waals surface area contributed by atoms with Gasteiger partial charge in [-0.25, -0.2) is 0 Å². The minimum Gasteiger partial charge on any atom is -0.378 e. The first-order valence-electron chi connectivity index (χ1n) is 5.59. The molecule has 0 aliphatic carbocycles. The highest BCUT2D eigenvalue weighted by atomic mass is 16.5. The minimum absolute atomic E-state index is 0.0865. The van der Waals surface area contributed by atoms with E-state index in [9.17, 15) is 9.59 Å². The van der Waals surface area contributed by atoms with Crippen molar-refractivity contribution in [2.45, 2.75) is 13.0 Å². The number of rotatable bonds is 3. The second-order valence-electron chi connectivity index (χ2n) is 3.87. The van der Waals surface area contributed by atoms with Gasteiger partial charge in [0.15, 0.2) is 0 Å². The lowest BCUT2D eigenvalue weighted by molar-refractivity contribution is -0.136. The third kappa shape index (κ3) is 2.80. The van der Waals surface area contributed by atoms with E-state index in [-0.39, 0.29) is 11.7 Å². The molecule has 0 aromatic carbocycles. The Hall–Kier alpha value is -2.03. The lowest BCUT2D eigenvalue weighted by atomic mass is 10.2. The summed E-state index contributed by atoms with van der Waals surface area (Å²) in [6.45, 7) is 3.76. The van der Waals surface area contributed by atoms with Crippen LogP contribution in [0.15, 0.2) is 0 Å². The van der Waals surface area contributed by atoms with Crippen molar-refractivity contribution in [1.29, 1.82) is 0 Å². The Morgan fingerprint density at radius 1 is 1.44 bits per heavy atom. The molecule has 98 valence electrons. The topological polar surface area (TPSA) is 113 Å². The van der Waals surface area contributed by atoms with Crippen LogP contribution in [0.5, 0.6) is 0 Å². The average Bonchev–Trinajstić information content (AvgIpc) is 2.92. The molecule has 0 spiro atoms. The predicted molar refractivity (Wildman–Crippen MR) is 58.5 cm³/mol. The van der Waals surface area contributed by atoms with Crippen molar-refractivity contribution in [1.82, 2.24) is 30.8 Å². The molecule has 1 aromatic rings. The van der Waals surface area contributed by atoms with Crippen LogP contribution in [0.2, 0.25) is 0 Å². The van der Waals surface area contributed by atoms with Gasteiger partial charge in [0.1, 0.15) is 6.04 Å². The second-order valence-corrected chi connectivity index (χ2v) is 3.87. The molecule has 2 N–H and O–H groups in total. The van der Waals surface area contributed by atoms with Gasteiger partial charge in [-0.05, 0) is 12.1 Å². The van der Waals surface area contributed by atoms with Crippen LogP contribution in [0.25, 0.3) is 0 Å². The molecule has 2 heterocycles. The smallest absolute Gasteiger partial charge is 0.293 e. The maximum atomic E-state index is 12.0. The number of nitrogens with one attached hydrogen (secondary N) is 2. The van der Waals surface area contributed by atoms with E-state index in [2.05, 4.69) is 25.9 Å². The molecule has 2 amide bonds. The molecule has 1 atom stereocenters. The van der Waals surface area contributed by atoms with E-state index in [0.29, 0.717) is 26.3 Å².